The lowest BCUT2D eigenvalue weighted by molar-refractivity contribution is -0.0720. The van der Waals surface area contributed by atoms with Crippen LogP contribution in [0.4, 0.5) is 10.1 Å². The van der Waals surface area contributed by atoms with Gasteiger partial charge in [-0.1, -0.05) is 0 Å². The summed E-state index contributed by atoms with van der Waals surface area (Å²) < 4.78 is 24.5. The fraction of sp³-hybridized carbons (Fsp3) is 0.538. The third kappa shape index (κ3) is 3.09. The first-order valence-corrected chi connectivity index (χ1v) is 5.91. The van der Waals surface area contributed by atoms with Crippen LogP contribution < -0.4 is 10.5 Å². The van der Waals surface area contributed by atoms with E-state index < -0.39 is 0 Å². The van der Waals surface area contributed by atoms with Crippen LogP contribution in [-0.2, 0) is 4.74 Å². The van der Waals surface area contributed by atoms with Gasteiger partial charge in [0.2, 0.25) is 0 Å². The molecule has 2 unspecified atom stereocenters. The van der Waals surface area contributed by atoms with Crippen LogP contribution in [0.15, 0.2) is 18.2 Å². The highest BCUT2D eigenvalue weighted by atomic mass is 19.1. The normalized spacial score (nSPS) is 29.0. The molecule has 1 heterocycles. The fourth-order valence-electron chi connectivity index (χ4n) is 2.23. The first-order chi connectivity index (χ1) is 8.04. The Hall–Kier alpha value is -1.29. The van der Waals surface area contributed by atoms with Crippen LogP contribution in [0.25, 0.3) is 0 Å². The summed E-state index contributed by atoms with van der Waals surface area (Å²) in [6.07, 6.45) is 1.98. The molecule has 1 aliphatic heterocycles. The number of halogens is 1. The van der Waals surface area contributed by atoms with E-state index in [4.69, 9.17) is 15.2 Å². The highest BCUT2D eigenvalue weighted by Crippen LogP contribution is 2.28. The van der Waals surface area contributed by atoms with Crippen molar-refractivity contribution in [1.29, 1.82) is 0 Å². The van der Waals surface area contributed by atoms with Gasteiger partial charge in [-0.25, -0.2) is 4.39 Å². The molecule has 2 atom stereocenters. The third-order valence-electron chi connectivity index (χ3n) is 2.92. The number of nitrogen functional groups attached to an aromatic ring is 1. The number of anilines is 1. The molecule has 3 nitrogen and oxygen atoms in total. The Kier molecular flexibility index (Phi) is 3.52. The molecule has 2 N–H and O–H groups in total. The second kappa shape index (κ2) is 4.92. The number of hydrogen-bond acceptors (Lipinski definition) is 3. The molecule has 1 aromatic carbocycles. The molecule has 0 saturated carbocycles. The lowest BCUT2D eigenvalue weighted by Gasteiger charge is -2.32. The van der Waals surface area contributed by atoms with Gasteiger partial charge >= 0.3 is 0 Å². The second-order valence-electron chi connectivity index (χ2n) is 4.65. The minimum absolute atomic E-state index is 0.0397. The van der Waals surface area contributed by atoms with E-state index in [0.29, 0.717) is 11.4 Å². The van der Waals surface area contributed by atoms with E-state index in [9.17, 15) is 4.39 Å². The van der Waals surface area contributed by atoms with Crippen molar-refractivity contribution in [2.24, 2.45) is 0 Å². The van der Waals surface area contributed by atoms with Gasteiger partial charge < -0.3 is 15.2 Å². The predicted octanol–water partition coefficient (Wildman–Crippen LogP) is 2.74. The van der Waals surface area contributed by atoms with E-state index in [2.05, 4.69) is 0 Å². The number of hydrogen-bond donors (Lipinski definition) is 1. The maximum Gasteiger partial charge on any atom is 0.145 e. The summed E-state index contributed by atoms with van der Waals surface area (Å²) in [5.41, 5.74) is 6.22. The van der Waals surface area contributed by atoms with Crippen LogP contribution in [0.1, 0.15) is 26.7 Å². The van der Waals surface area contributed by atoms with Crippen molar-refractivity contribution in [2.45, 2.75) is 45.0 Å². The Labute approximate surface area is 101 Å². The average Bonchev–Trinajstić information content (AvgIpc) is 2.22. The van der Waals surface area contributed by atoms with Gasteiger partial charge in [0.1, 0.15) is 17.7 Å². The molecule has 2 rings (SSSR count). The van der Waals surface area contributed by atoms with E-state index in [1.807, 2.05) is 13.8 Å². The molecule has 0 amide bonds. The smallest absolute Gasteiger partial charge is 0.145 e. The van der Waals surface area contributed by atoms with Crippen molar-refractivity contribution in [2.75, 3.05) is 5.73 Å². The van der Waals surface area contributed by atoms with Gasteiger partial charge in [-0.05, 0) is 26.0 Å². The van der Waals surface area contributed by atoms with Crippen LogP contribution >= 0.6 is 0 Å². The first kappa shape index (κ1) is 12.2. The van der Waals surface area contributed by atoms with Gasteiger partial charge in [0, 0.05) is 18.9 Å². The summed E-state index contributed by atoms with van der Waals surface area (Å²) in [6.45, 7) is 4.03. The van der Waals surface area contributed by atoms with Gasteiger partial charge in [0.15, 0.2) is 0 Å². The fourth-order valence-corrected chi connectivity index (χ4v) is 2.23. The molecule has 94 valence electrons. The molecular formula is C13H18FNO2. The molecule has 0 bridgehead atoms. The van der Waals surface area contributed by atoms with Gasteiger partial charge in [-0.2, -0.15) is 0 Å². The van der Waals surface area contributed by atoms with Crippen LogP contribution in [-0.4, -0.2) is 18.3 Å². The molecule has 1 aliphatic rings. The SMILES string of the molecule is CC1CC(Oc2cc(F)ccc2N)CC(C)O1. The summed E-state index contributed by atoms with van der Waals surface area (Å²) in [4.78, 5) is 0. The number of ether oxygens (including phenoxy) is 2. The van der Waals surface area contributed by atoms with Crippen LogP contribution in [0.2, 0.25) is 0 Å². The molecule has 0 radical (unpaired) electrons. The second-order valence-corrected chi connectivity index (χ2v) is 4.65. The molecule has 17 heavy (non-hydrogen) atoms. The summed E-state index contributed by atoms with van der Waals surface area (Å²) >= 11 is 0. The van der Waals surface area contributed by atoms with E-state index >= 15 is 0 Å². The number of benzene rings is 1. The van der Waals surface area contributed by atoms with Crippen molar-refractivity contribution < 1.29 is 13.9 Å². The Morgan fingerprint density at radius 2 is 1.94 bits per heavy atom. The van der Waals surface area contributed by atoms with Crippen LogP contribution in [0.5, 0.6) is 5.75 Å². The van der Waals surface area contributed by atoms with Crippen molar-refractivity contribution in [3.8, 4) is 5.75 Å². The molecule has 1 aromatic rings. The molecular weight excluding hydrogens is 221 g/mol. The maximum atomic E-state index is 13.1. The van der Waals surface area contributed by atoms with Crippen molar-refractivity contribution in [3.05, 3.63) is 24.0 Å². The molecule has 0 spiro atoms. The van der Waals surface area contributed by atoms with Gasteiger partial charge in [0.05, 0.1) is 17.9 Å². The van der Waals surface area contributed by atoms with Crippen molar-refractivity contribution in [3.63, 3.8) is 0 Å². The zero-order valence-electron chi connectivity index (χ0n) is 10.2. The minimum Gasteiger partial charge on any atom is -0.488 e. The standard InChI is InChI=1S/C13H18FNO2/c1-8-5-11(6-9(2)16-8)17-13-7-10(14)3-4-12(13)15/h3-4,7-9,11H,5-6,15H2,1-2H3. The highest BCUT2D eigenvalue weighted by Gasteiger charge is 2.26. The van der Waals surface area contributed by atoms with Gasteiger partial charge in [-0.3, -0.25) is 0 Å². The average molecular weight is 239 g/mol. The zero-order valence-corrected chi connectivity index (χ0v) is 10.2. The maximum absolute atomic E-state index is 13.1. The molecule has 1 fully saturated rings. The topological polar surface area (TPSA) is 44.5 Å². The lowest BCUT2D eigenvalue weighted by Crippen LogP contribution is -2.35. The number of rotatable bonds is 2. The zero-order chi connectivity index (χ0) is 12.4. The first-order valence-electron chi connectivity index (χ1n) is 5.91. The van der Waals surface area contributed by atoms with Crippen LogP contribution in [0.3, 0.4) is 0 Å². The largest absolute Gasteiger partial charge is 0.488 e. The molecule has 4 heteroatoms. The van der Waals surface area contributed by atoms with E-state index in [1.54, 1.807) is 0 Å². The minimum atomic E-state index is -0.331. The molecule has 0 aliphatic carbocycles. The van der Waals surface area contributed by atoms with Gasteiger partial charge in [-0.15, -0.1) is 0 Å². The summed E-state index contributed by atoms with van der Waals surface area (Å²) in [6, 6.07) is 4.19. The molecule has 1 saturated heterocycles. The lowest BCUT2D eigenvalue weighted by atomic mass is 10.0. The van der Waals surface area contributed by atoms with E-state index in [1.165, 1.54) is 18.2 Å². The third-order valence-corrected chi connectivity index (χ3v) is 2.92. The van der Waals surface area contributed by atoms with E-state index in [0.717, 1.165) is 12.8 Å². The molecule has 0 aromatic heterocycles. The Balaban J connectivity index is 2.07. The summed E-state index contributed by atoms with van der Waals surface area (Å²) in [7, 11) is 0. The quantitative estimate of drug-likeness (QED) is 0.807. The van der Waals surface area contributed by atoms with Gasteiger partial charge in [0.25, 0.3) is 0 Å². The van der Waals surface area contributed by atoms with Crippen molar-refractivity contribution in [1.82, 2.24) is 0 Å². The summed E-state index contributed by atoms with van der Waals surface area (Å²) in [5, 5.41) is 0. The Bertz CT molecular complexity index is 387. The Morgan fingerprint density at radius 3 is 2.59 bits per heavy atom. The van der Waals surface area contributed by atoms with Crippen LogP contribution in [0, 0.1) is 5.82 Å². The summed E-state index contributed by atoms with van der Waals surface area (Å²) in [5.74, 6) is 0.0960. The monoisotopic (exact) mass is 239 g/mol. The number of nitrogens with two attached hydrogens (primary N) is 1. The Morgan fingerprint density at radius 1 is 1.29 bits per heavy atom. The predicted molar refractivity (Wildman–Crippen MR) is 64.5 cm³/mol. The van der Waals surface area contributed by atoms with E-state index in [-0.39, 0.29) is 24.1 Å². The van der Waals surface area contributed by atoms with Crippen molar-refractivity contribution >= 4 is 5.69 Å². The highest BCUT2D eigenvalue weighted by molar-refractivity contribution is 5.52.